The van der Waals surface area contributed by atoms with Gasteiger partial charge >= 0.3 is 0 Å². The lowest BCUT2D eigenvalue weighted by Gasteiger charge is -2.47. The number of nitrogens with one attached hydrogen (secondary N) is 1. The maximum atomic E-state index is 14.2. The summed E-state index contributed by atoms with van der Waals surface area (Å²) in [6.07, 6.45) is 2.53. The van der Waals surface area contributed by atoms with Gasteiger partial charge in [-0.3, -0.25) is 4.79 Å². The van der Waals surface area contributed by atoms with Crippen LogP contribution in [0.3, 0.4) is 0 Å². The third-order valence-corrected chi connectivity index (χ3v) is 9.41. The number of aromatic nitrogens is 2. The molecule has 4 bridgehead atoms. The Morgan fingerprint density at radius 1 is 1.05 bits per heavy atom. The quantitative estimate of drug-likeness (QED) is 0.423. The van der Waals surface area contributed by atoms with Gasteiger partial charge in [-0.1, -0.05) is 38.1 Å². The average Bonchev–Trinajstić information content (AvgIpc) is 2.89. The van der Waals surface area contributed by atoms with Gasteiger partial charge < -0.3 is 14.5 Å². The van der Waals surface area contributed by atoms with Crippen molar-refractivity contribution in [3.63, 3.8) is 0 Å². The van der Waals surface area contributed by atoms with E-state index in [0.29, 0.717) is 23.1 Å². The summed E-state index contributed by atoms with van der Waals surface area (Å²) in [4.78, 5) is 27.4. The molecule has 0 spiro atoms. The first-order valence-corrected chi connectivity index (χ1v) is 16.1. The number of rotatable bonds is 6. The zero-order valence-corrected chi connectivity index (χ0v) is 26.1. The van der Waals surface area contributed by atoms with E-state index in [-0.39, 0.29) is 41.3 Å². The molecule has 5 rings (SSSR count). The van der Waals surface area contributed by atoms with Crippen LogP contribution in [0.25, 0.3) is 11.3 Å². The molecule has 42 heavy (non-hydrogen) atoms. The monoisotopic (exact) mass is 591 g/mol. The number of carbonyl (C=O) groups is 1. The fourth-order valence-electron chi connectivity index (χ4n) is 6.23. The summed E-state index contributed by atoms with van der Waals surface area (Å²) in [7, 11) is 0.0382. The Hall–Kier alpha value is -3.50. The number of aryl methyl sites for hydroxylation is 2. The van der Waals surface area contributed by atoms with E-state index in [1.54, 1.807) is 18.2 Å². The van der Waals surface area contributed by atoms with Crippen molar-refractivity contribution in [2.75, 3.05) is 32.0 Å². The summed E-state index contributed by atoms with van der Waals surface area (Å²) in [5.74, 6) is 0.809. The van der Waals surface area contributed by atoms with Crippen molar-refractivity contribution in [1.29, 1.82) is 0 Å². The summed E-state index contributed by atoms with van der Waals surface area (Å²) >= 11 is 0. The molecule has 1 atom stereocenters. The molecular formula is C32H41N5O4S. The van der Waals surface area contributed by atoms with Gasteiger partial charge in [0.15, 0.2) is 0 Å². The van der Waals surface area contributed by atoms with Gasteiger partial charge in [0.2, 0.25) is 11.8 Å². The summed E-state index contributed by atoms with van der Waals surface area (Å²) in [5, 5.41) is 0. The molecule has 1 amide bonds. The SMILES string of the molecule is Cc1cccc(C)c1-c1cc2nc(n1)NS(=O)(=O)c1cccc(c1)C(=O)N([C@H]1C[C@@H](CN(C)C)C1)[C@H](CC(C)C)CO2. The minimum atomic E-state index is -4.09. The Balaban J connectivity index is 1.62. The van der Waals surface area contributed by atoms with Crippen LogP contribution in [-0.4, -0.2) is 73.4 Å². The van der Waals surface area contributed by atoms with E-state index in [0.717, 1.165) is 42.5 Å². The Morgan fingerprint density at radius 3 is 2.40 bits per heavy atom. The number of anilines is 1. The van der Waals surface area contributed by atoms with Gasteiger partial charge in [0.1, 0.15) is 6.61 Å². The standard InChI is InChI=1S/C32H41N5O4S/c1-20(2)13-26-19-41-29-17-28(30-21(3)9-7-10-22(30)4)33-32(34-29)35-42(39,40)27-12-8-11-24(16-27)31(38)37(26)25-14-23(15-25)18-36(5)6/h7-12,16-17,20,23,25-26H,13-15,18-19H2,1-6H3,(H,33,34,35)/t23-,25+,26-/m1/s1. The minimum Gasteiger partial charge on any atom is -0.475 e. The number of hydrogen-bond donors (Lipinski definition) is 1. The molecule has 1 saturated carbocycles. The first-order chi connectivity index (χ1) is 19.9. The van der Waals surface area contributed by atoms with Crippen molar-refractivity contribution in [2.45, 2.75) is 63.9 Å². The summed E-state index contributed by atoms with van der Waals surface area (Å²) in [6.45, 7) is 9.46. The molecule has 10 heteroatoms. The molecule has 2 aromatic carbocycles. The second-order valence-electron chi connectivity index (χ2n) is 12.4. The molecule has 1 N–H and O–H groups in total. The molecule has 3 aromatic rings. The van der Waals surface area contributed by atoms with E-state index < -0.39 is 10.0 Å². The largest absolute Gasteiger partial charge is 0.475 e. The first-order valence-electron chi connectivity index (χ1n) is 14.6. The van der Waals surface area contributed by atoms with E-state index in [9.17, 15) is 13.2 Å². The Kier molecular flexibility index (Phi) is 8.57. The highest BCUT2D eigenvalue weighted by Gasteiger charge is 2.40. The van der Waals surface area contributed by atoms with Crippen LogP contribution in [0, 0.1) is 25.7 Å². The zero-order chi connectivity index (χ0) is 30.2. The highest BCUT2D eigenvalue weighted by atomic mass is 32.2. The number of amides is 1. The fraction of sp³-hybridized carbons (Fsp3) is 0.469. The second kappa shape index (κ2) is 12.0. The van der Waals surface area contributed by atoms with Crippen molar-refractivity contribution in [3.05, 3.63) is 65.2 Å². The number of hydrogen-bond acceptors (Lipinski definition) is 7. The lowest BCUT2D eigenvalue weighted by Crippen LogP contribution is -2.56. The number of ether oxygens (including phenoxy) is 1. The van der Waals surface area contributed by atoms with Crippen molar-refractivity contribution >= 4 is 21.9 Å². The van der Waals surface area contributed by atoms with Gasteiger partial charge in [-0.15, -0.1) is 0 Å². The van der Waals surface area contributed by atoms with Crippen LogP contribution in [0.2, 0.25) is 0 Å². The van der Waals surface area contributed by atoms with E-state index in [4.69, 9.17) is 4.74 Å². The first kappa shape index (κ1) is 30.0. The maximum absolute atomic E-state index is 14.2. The van der Waals surface area contributed by atoms with Crippen LogP contribution < -0.4 is 9.46 Å². The molecule has 224 valence electrons. The minimum absolute atomic E-state index is 0.0180. The third kappa shape index (κ3) is 6.44. The Morgan fingerprint density at radius 2 is 1.74 bits per heavy atom. The van der Waals surface area contributed by atoms with Crippen LogP contribution in [0.4, 0.5) is 5.95 Å². The normalized spacial score (nSPS) is 22.0. The van der Waals surface area contributed by atoms with Crippen molar-refractivity contribution in [1.82, 2.24) is 19.8 Å². The van der Waals surface area contributed by atoms with Gasteiger partial charge in [0, 0.05) is 29.8 Å². The fourth-order valence-corrected chi connectivity index (χ4v) is 7.22. The molecule has 1 aliphatic carbocycles. The number of sulfonamides is 1. The number of nitrogens with zero attached hydrogens (tertiary/aromatic N) is 4. The summed E-state index contributed by atoms with van der Waals surface area (Å²) in [5.41, 5.74) is 3.81. The Labute approximate surface area is 249 Å². The van der Waals surface area contributed by atoms with E-state index in [1.807, 2.05) is 36.9 Å². The molecular weight excluding hydrogens is 550 g/mol. The van der Waals surface area contributed by atoms with Gasteiger partial charge in [-0.2, -0.15) is 4.98 Å². The molecule has 1 fully saturated rings. The van der Waals surface area contributed by atoms with Crippen LogP contribution in [0.5, 0.6) is 5.88 Å². The Bertz CT molecular complexity index is 1550. The molecule has 1 aromatic heterocycles. The molecule has 1 aliphatic heterocycles. The lowest BCUT2D eigenvalue weighted by atomic mass is 9.77. The molecule has 2 aliphatic rings. The summed E-state index contributed by atoms with van der Waals surface area (Å²) in [6, 6.07) is 13.8. The molecule has 0 saturated heterocycles. The van der Waals surface area contributed by atoms with E-state index in [1.165, 1.54) is 12.1 Å². The second-order valence-corrected chi connectivity index (χ2v) is 14.1. The molecule has 9 nitrogen and oxygen atoms in total. The van der Waals surface area contributed by atoms with Crippen molar-refractivity contribution < 1.29 is 17.9 Å². The lowest BCUT2D eigenvalue weighted by molar-refractivity contribution is 0.0107. The predicted molar refractivity (Wildman–Crippen MR) is 164 cm³/mol. The maximum Gasteiger partial charge on any atom is 0.264 e. The van der Waals surface area contributed by atoms with Gasteiger partial charge in [0.05, 0.1) is 16.6 Å². The number of benzene rings is 2. The summed E-state index contributed by atoms with van der Waals surface area (Å²) < 4.78 is 36.0. The van der Waals surface area contributed by atoms with E-state index >= 15 is 0 Å². The third-order valence-electron chi connectivity index (χ3n) is 8.08. The number of carbonyl (C=O) groups excluding carboxylic acids is 1. The van der Waals surface area contributed by atoms with Gasteiger partial charge in [0.25, 0.3) is 15.9 Å². The van der Waals surface area contributed by atoms with Gasteiger partial charge in [-0.05, 0) is 88.4 Å². The van der Waals surface area contributed by atoms with Gasteiger partial charge in [-0.25, -0.2) is 18.1 Å². The van der Waals surface area contributed by atoms with Crippen molar-refractivity contribution in [2.24, 2.45) is 11.8 Å². The highest BCUT2D eigenvalue weighted by Crippen LogP contribution is 2.36. The average molecular weight is 592 g/mol. The topological polar surface area (TPSA) is 105 Å². The van der Waals surface area contributed by atoms with E-state index in [2.05, 4.69) is 47.5 Å². The molecule has 0 radical (unpaired) electrons. The zero-order valence-electron chi connectivity index (χ0n) is 25.3. The predicted octanol–water partition coefficient (Wildman–Crippen LogP) is 5.15. The molecule has 2 heterocycles. The van der Waals surface area contributed by atoms with Crippen LogP contribution in [-0.2, 0) is 10.0 Å². The van der Waals surface area contributed by atoms with Crippen LogP contribution in [0.1, 0.15) is 54.6 Å². The highest BCUT2D eigenvalue weighted by molar-refractivity contribution is 7.92. The van der Waals surface area contributed by atoms with Crippen LogP contribution in [0.15, 0.2) is 53.4 Å². The molecule has 0 unspecified atom stereocenters. The van der Waals surface area contributed by atoms with Crippen molar-refractivity contribution in [3.8, 4) is 17.1 Å². The van der Waals surface area contributed by atoms with Crippen LogP contribution >= 0.6 is 0 Å². The number of fused-ring (bicyclic) bond motifs is 4. The smallest absolute Gasteiger partial charge is 0.264 e.